The minimum atomic E-state index is -0.468. The minimum Gasteiger partial charge on any atom is -0.394 e. The molecule has 1 aromatic carbocycles. The molecule has 0 aliphatic heterocycles. The summed E-state index contributed by atoms with van der Waals surface area (Å²) in [4.78, 5) is 27.5. The first-order valence-electron chi connectivity index (χ1n) is 7.20. The molecule has 6 nitrogen and oxygen atoms in total. The number of hydrogen-bond acceptors (Lipinski definition) is 4. The van der Waals surface area contributed by atoms with Crippen LogP contribution in [0.2, 0.25) is 0 Å². The zero-order valence-electron chi connectivity index (χ0n) is 12.2. The number of aromatic nitrogens is 2. The van der Waals surface area contributed by atoms with Gasteiger partial charge in [0.1, 0.15) is 0 Å². The molecule has 1 amide bonds. The van der Waals surface area contributed by atoms with E-state index in [1.807, 2.05) is 6.92 Å². The van der Waals surface area contributed by atoms with Gasteiger partial charge in [0.2, 0.25) is 0 Å². The van der Waals surface area contributed by atoms with Gasteiger partial charge in [0.15, 0.2) is 4.77 Å². The monoisotopic (exact) mass is 319 g/mol. The lowest BCUT2D eigenvalue weighted by Crippen LogP contribution is -2.39. The Bertz CT molecular complexity index is 864. The van der Waals surface area contributed by atoms with Gasteiger partial charge in [-0.2, -0.15) is 0 Å². The molecule has 2 aromatic rings. The van der Waals surface area contributed by atoms with Crippen molar-refractivity contribution < 1.29 is 9.90 Å². The Morgan fingerprint density at radius 1 is 1.50 bits per heavy atom. The van der Waals surface area contributed by atoms with E-state index in [9.17, 15) is 14.7 Å². The fourth-order valence-electron chi connectivity index (χ4n) is 2.47. The SMILES string of the molecule is CCn1c(=S)[nH]c2cc(C(=O)NC3(CO)CC3)ccc2c1=O. The summed E-state index contributed by atoms with van der Waals surface area (Å²) in [6.45, 7) is 2.28. The third kappa shape index (κ3) is 2.46. The van der Waals surface area contributed by atoms with Crippen molar-refractivity contribution in [3.63, 3.8) is 0 Å². The molecule has 116 valence electrons. The van der Waals surface area contributed by atoms with E-state index < -0.39 is 5.54 Å². The van der Waals surface area contributed by atoms with Crippen LogP contribution in [-0.2, 0) is 6.54 Å². The van der Waals surface area contributed by atoms with E-state index in [4.69, 9.17) is 12.2 Å². The quantitative estimate of drug-likeness (QED) is 0.742. The maximum Gasteiger partial charge on any atom is 0.262 e. The molecular weight excluding hydrogens is 302 g/mol. The predicted octanol–water partition coefficient (Wildman–Crippen LogP) is 1.33. The number of fused-ring (bicyclic) bond motifs is 1. The Morgan fingerprint density at radius 2 is 2.23 bits per heavy atom. The van der Waals surface area contributed by atoms with Crippen LogP contribution in [0.4, 0.5) is 0 Å². The highest BCUT2D eigenvalue weighted by molar-refractivity contribution is 7.71. The van der Waals surface area contributed by atoms with E-state index in [-0.39, 0.29) is 18.1 Å². The third-order valence-corrected chi connectivity index (χ3v) is 4.42. The summed E-state index contributed by atoms with van der Waals surface area (Å²) in [7, 11) is 0. The molecule has 22 heavy (non-hydrogen) atoms. The average Bonchev–Trinajstić information content (AvgIpc) is 3.27. The van der Waals surface area contributed by atoms with E-state index in [1.165, 1.54) is 4.57 Å². The molecule has 3 rings (SSSR count). The first kappa shape index (κ1) is 14.9. The van der Waals surface area contributed by atoms with Crippen molar-refractivity contribution in [3.8, 4) is 0 Å². The van der Waals surface area contributed by atoms with Crippen molar-refractivity contribution >= 4 is 29.0 Å². The second-order valence-electron chi connectivity index (χ2n) is 5.63. The average molecular weight is 319 g/mol. The lowest BCUT2D eigenvalue weighted by Gasteiger charge is -2.14. The van der Waals surface area contributed by atoms with Crippen LogP contribution in [0.25, 0.3) is 10.9 Å². The van der Waals surface area contributed by atoms with Gasteiger partial charge in [-0.25, -0.2) is 0 Å². The summed E-state index contributed by atoms with van der Waals surface area (Å²) in [5.74, 6) is -0.257. The van der Waals surface area contributed by atoms with Crippen LogP contribution in [0.15, 0.2) is 23.0 Å². The smallest absolute Gasteiger partial charge is 0.262 e. The molecule has 0 spiro atoms. The van der Waals surface area contributed by atoms with Gasteiger partial charge in [0, 0.05) is 12.1 Å². The Kier molecular flexibility index (Phi) is 3.62. The Balaban J connectivity index is 2.02. The third-order valence-electron chi connectivity index (χ3n) is 4.10. The number of H-pyrrole nitrogens is 1. The number of nitrogens with one attached hydrogen (secondary N) is 2. The summed E-state index contributed by atoms with van der Waals surface area (Å²) in [6.07, 6.45) is 1.57. The van der Waals surface area contributed by atoms with E-state index >= 15 is 0 Å². The van der Waals surface area contributed by atoms with E-state index in [1.54, 1.807) is 18.2 Å². The fraction of sp³-hybridized carbons (Fsp3) is 0.400. The van der Waals surface area contributed by atoms with Crippen LogP contribution in [0, 0.1) is 4.77 Å². The highest BCUT2D eigenvalue weighted by atomic mass is 32.1. The molecule has 0 atom stereocenters. The van der Waals surface area contributed by atoms with Crippen molar-refractivity contribution in [2.24, 2.45) is 0 Å². The number of rotatable bonds is 4. The van der Waals surface area contributed by atoms with Gasteiger partial charge in [-0.15, -0.1) is 0 Å². The summed E-state index contributed by atoms with van der Waals surface area (Å²) < 4.78 is 1.81. The summed E-state index contributed by atoms with van der Waals surface area (Å²) in [5.41, 5.74) is 0.347. The zero-order chi connectivity index (χ0) is 15.9. The predicted molar refractivity (Wildman–Crippen MR) is 85.6 cm³/mol. The second-order valence-corrected chi connectivity index (χ2v) is 6.02. The van der Waals surface area contributed by atoms with E-state index in [0.29, 0.717) is 27.8 Å². The van der Waals surface area contributed by atoms with Crippen LogP contribution in [-0.4, -0.2) is 32.7 Å². The number of benzene rings is 1. The highest BCUT2D eigenvalue weighted by Crippen LogP contribution is 2.34. The Hall–Kier alpha value is -1.99. The normalized spacial score (nSPS) is 15.7. The second kappa shape index (κ2) is 5.33. The van der Waals surface area contributed by atoms with Gasteiger partial charge < -0.3 is 15.4 Å². The molecule has 1 aromatic heterocycles. The largest absolute Gasteiger partial charge is 0.394 e. The van der Waals surface area contributed by atoms with Gasteiger partial charge in [0.25, 0.3) is 11.5 Å². The van der Waals surface area contributed by atoms with Crippen LogP contribution >= 0.6 is 12.2 Å². The molecule has 1 heterocycles. The number of amides is 1. The molecule has 0 bridgehead atoms. The van der Waals surface area contributed by atoms with Crippen molar-refractivity contribution in [2.75, 3.05) is 6.61 Å². The number of hydrogen-bond donors (Lipinski definition) is 3. The molecular formula is C15H17N3O3S. The molecule has 1 aliphatic rings. The van der Waals surface area contributed by atoms with Crippen molar-refractivity contribution in [3.05, 3.63) is 38.9 Å². The van der Waals surface area contributed by atoms with Gasteiger partial charge in [-0.1, -0.05) is 0 Å². The molecule has 0 saturated heterocycles. The maximum absolute atomic E-state index is 12.3. The first-order chi connectivity index (χ1) is 10.5. The molecule has 7 heteroatoms. The lowest BCUT2D eigenvalue weighted by molar-refractivity contribution is 0.0907. The van der Waals surface area contributed by atoms with Crippen molar-refractivity contribution in [2.45, 2.75) is 31.8 Å². The number of aromatic amines is 1. The molecule has 1 saturated carbocycles. The number of aliphatic hydroxyl groups excluding tert-OH is 1. The highest BCUT2D eigenvalue weighted by Gasteiger charge is 2.43. The standard InChI is InChI=1S/C15H17N3O3S/c1-2-18-13(21)10-4-3-9(7-11(10)16-14(18)22)12(20)17-15(8-19)5-6-15/h3-4,7,19H,2,5-6,8H2,1H3,(H,16,22)(H,17,20). The van der Waals surface area contributed by atoms with Gasteiger partial charge in [-0.3, -0.25) is 14.2 Å². The number of aliphatic hydroxyl groups is 1. The lowest BCUT2D eigenvalue weighted by atomic mass is 10.1. The van der Waals surface area contributed by atoms with Crippen molar-refractivity contribution in [1.82, 2.24) is 14.9 Å². The molecule has 0 unspecified atom stereocenters. The Morgan fingerprint density at radius 3 is 2.82 bits per heavy atom. The summed E-state index contributed by atoms with van der Waals surface area (Å²) in [6, 6.07) is 4.86. The summed E-state index contributed by atoms with van der Waals surface area (Å²) in [5, 5.41) is 12.6. The van der Waals surface area contributed by atoms with E-state index in [2.05, 4.69) is 10.3 Å². The summed E-state index contributed by atoms with van der Waals surface area (Å²) >= 11 is 5.17. The first-order valence-corrected chi connectivity index (χ1v) is 7.61. The van der Waals surface area contributed by atoms with Gasteiger partial charge >= 0.3 is 0 Å². The number of carbonyl (C=O) groups is 1. The number of nitrogens with zero attached hydrogens (tertiary/aromatic N) is 1. The zero-order valence-corrected chi connectivity index (χ0v) is 13.0. The number of carbonyl (C=O) groups excluding carboxylic acids is 1. The maximum atomic E-state index is 12.3. The van der Waals surface area contributed by atoms with Gasteiger partial charge in [-0.05, 0) is 50.2 Å². The minimum absolute atomic E-state index is 0.0596. The van der Waals surface area contributed by atoms with Crippen LogP contribution in [0.1, 0.15) is 30.1 Å². The molecule has 0 radical (unpaired) electrons. The van der Waals surface area contributed by atoms with Crippen LogP contribution in [0.5, 0.6) is 0 Å². The Labute approximate surface area is 131 Å². The fourth-order valence-corrected chi connectivity index (χ4v) is 2.79. The molecule has 1 aliphatic carbocycles. The van der Waals surface area contributed by atoms with Crippen LogP contribution < -0.4 is 10.9 Å². The van der Waals surface area contributed by atoms with Crippen molar-refractivity contribution in [1.29, 1.82) is 0 Å². The molecule has 3 N–H and O–H groups in total. The molecule has 1 fully saturated rings. The topological polar surface area (TPSA) is 87.1 Å². The van der Waals surface area contributed by atoms with Crippen LogP contribution in [0.3, 0.4) is 0 Å². The van der Waals surface area contributed by atoms with Gasteiger partial charge in [0.05, 0.1) is 23.0 Å². The van der Waals surface area contributed by atoms with E-state index in [0.717, 1.165) is 12.8 Å².